The van der Waals surface area contributed by atoms with E-state index in [0.29, 0.717) is 62.7 Å². The Morgan fingerprint density at radius 3 is 2.45 bits per heavy atom. The number of unbranched alkanes of at least 4 members (excludes halogenated alkanes) is 2. The summed E-state index contributed by atoms with van der Waals surface area (Å²) in [5, 5.41) is 27.0. The Morgan fingerprint density at radius 1 is 1.12 bits per heavy atom. The number of aromatic amines is 1. The van der Waals surface area contributed by atoms with Gasteiger partial charge in [0.05, 0.1) is 12.6 Å². The molecule has 1 aliphatic rings. The van der Waals surface area contributed by atoms with Crippen molar-refractivity contribution in [2.24, 2.45) is 0 Å². The summed E-state index contributed by atoms with van der Waals surface area (Å²) in [4.78, 5) is 82.4. The molecule has 2 unspecified atom stereocenters. The fourth-order valence-electron chi connectivity index (χ4n) is 5.36. The number of nitrogens with zero attached hydrogens (tertiary/aromatic N) is 3. The number of hydrogen-bond donors (Lipinski definition) is 7. The van der Waals surface area contributed by atoms with Crippen LogP contribution in [0.15, 0.2) is 40.8 Å². The average Bonchev–Trinajstić information content (AvgIpc) is 3.05. The molecule has 18 heteroatoms. The minimum absolute atomic E-state index is 0. The number of nitrogens with one attached hydrogen (secondary N) is 4. The van der Waals surface area contributed by atoms with Gasteiger partial charge in [0, 0.05) is 63.4 Å². The van der Waals surface area contributed by atoms with Crippen molar-refractivity contribution in [3.8, 4) is 0 Å². The van der Waals surface area contributed by atoms with Crippen LogP contribution in [0.4, 0.5) is 23.1 Å². The van der Waals surface area contributed by atoms with Crippen molar-refractivity contribution in [3.05, 3.63) is 52.0 Å². The number of fused-ring (bicyclic) bond motifs is 1. The first-order valence-corrected chi connectivity index (χ1v) is 16.4. The van der Waals surface area contributed by atoms with E-state index in [2.05, 4.69) is 25.9 Å². The number of esters is 1. The third-order valence-electron chi connectivity index (χ3n) is 7.87. The van der Waals surface area contributed by atoms with Gasteiger partial charge in [0.15, 0.2) is 5.82 Å². The summed E-state index contributed by atoms with van der Waals surface area (Å²) in [7, 11) is 0. The Hall–Kier alpha value is -4.35. The number of nitrogens with two attached hydrogens (primary N) is 1. The van der Waals surface area contributed by atoms with Gasteiger partial charge in [-0.1, -0.05) is 6.42 Å². The largest absolute Gasteiger partial charge is 2.00 e. The zero-order chi connectivity index (χ0) is 36.8. The van der Waals surface area contributed by atoms with Gasteiger partial charge < -0.3 is 46.4 Å². The molecule has 2 aromatic rings. The SMILES string of the molecule is CCOC(=O)CCCCCN(/C=C(\C)CN1c2c(nc(N)[nH]c2=O)NCC1CNc1ccc(C(=O)NC(CCC(=O)O)C(=O)O)cc1)C(C)=O.[Ca+2]. The predicted octanol–water partition coefficient (Wildman–Crippen LogP) is 1.61. The number of aromatic nitrogens is 2. The number of carboxylic acid groups (broad SMARTS) is 2. The maximum absolute atomic E-state index is 13.1. The number of nitrogen functional groups attached to an aromatic ring is 1. The number of benzene rings is 1. The maximum atomic E-state index is 13.1. The molecule has 2 heterocycles. The van der Waals surface area contributed by atoms with E-state index in [1.165, 1.54) is 19.1 Å². The van der Waals surface area contributed by atoms with Gasteiger partial charge in [-0.3, -0.25) is 29.0 Å². The van der Waals surface area contributed by atoms with E-state index in [1.807, 2.05) is 11.8 Å². The molecule has 17 nitrogen and oxygen atoms in total. The van der Waals surface area contributed by atoms with Gasteiger partial charge in [0.25, 0.3) is 11.5 Å². The van der Waals surface area contributed by atoms with Crippen molar-refractivity contribution >= 4 is 90.6 Å². The summed E-state index contributed by atoms with van der Waals surface area (Å²) < 4.78 is 4.96. The molecule has 1 aromatic carbocycles. The molecule has 2 amide bonds. The molecule has 0 radical (unpaired) electrons. The smallest absolute Gasteiger partial charge is 0.481 e. The van der Waals surface area contributed by atoms with Gasteiger partial charge in [-0.2, -0.15) is 4.98 Å². The number of carbonyl (C=O) groups is 5. The first-order chi connectivity index (χ1) is 23.8. The number of carboxylic acids is 2. The number of rotatable bonds is 19. The van der Waals surface area contributed by atoms with Crippen molar-refractivity contribution in [3.63, 3.8) is 0 Å². The van der Waals surface area contributed by atoms with E-state index in [-0.39, 0.29) is 80.1 Å². The molecule has 0 bridgehead atoms. The molecule has 0 aliphatic carbocycles. The Morgan fingerprint density at radius 2 is 1.82 bits per heavy atom. The van der Waals surface area contributed by atoms with Crippen LogP contribution < -0.4 is 32.1 Å². The maximum Gasteiger partial charge on any atom is 2.00 e. The molecule has 0 saturated carbocycles. The number of H-pyrrole nitrogens is 1. The molecule has 51 heavy (non-hydrogen) atoms. The summed E-state index contributed by atoms with van der Waals surface area (Å²) >= 11 is 0. The molecule has 1 aliphatic heterocycles. The zero-order valence-corrected chi connectivity index (χ0v) is 31.4. The standard InChI is InChI=1S/C33H46N8O9.Ca/c1-4-50-27(45)8-6-5-7-15-40(21(3)42)18-20(2)19-41-24(17-36-29-28(41)31(47)39-33(34)38-29)16-35-23-11-9-22(10-12-23)30(46)37-25(32(48)49)13-14-26(43)44;/h9-12,18,24-25,35H,4-8,13-17,19H2,1-3H3,(H,37,46)(H,43,44)(H,48,49)(H4,34,36,38,39,47);/q;+2/b20-18+;. The van der Waals surface area contributed by atoms with Gasteiger partial charge in [-0.15, -0.1) is 0 Å². The summed E-state index contributed by atoms with van der Waals surface area (Å²) in [5.74, 6) is -3.23. The Labute approximate surface area is 325 Å². The summed E-state index contributed by atoms with van der Waals surface area (Å²) in [5.41, 5.74) is 7.31. The van der Waals surface area contributed by atoms with Crippen molar-refractivity contribution in [2.45, 2.75) is 71.4 Å². The first kappa shape index (κ1) is 42.8. The van der Waals surface area contributed by atoms with E-state index in [1.54, 1.807) is 30.2 Å². The molecule has 272 valence electrons. The van der Waals surface area contributed by atoms with Gasteiger partial charge in [0.2, 0.25) is 11.9 Å². The van der Waals surface area contributed by atoms with Crippen molar-refractivity contribution < 1.29 is 38.9 Å². The van der Waals surface area contributed by atoms with Crippen LogP contribution in [0, 0.1) is 0 Å². The quantitative estimate of drug-likeness (QED) is 0.0615. The van der Waals surface area contributed by atoms with E-state index in [4.69, 9.17) is 15.6 Å². The van der Waals surface area contributed by atoms with Crippen LogP contribution in [-0.2, 0) is 23.9 Å². The number of ether oxygens (including phenoxy) is 1. The minimum Gasteiger partial charge on any atom is -0.481 e. The van der Waals surface area contributed by atoms with Gasteiger partial charge >= 0.3 is 55.6 Å². The predicted molar refractivity (Wildman–Crippen MR) is 192 cm³/mol. The Kier molecular flexibility index (Phi) is 17.7. The van der Waals surface area contributed by atoms with Crippen LogP contribution >= 0.6 is 0 Å². The summed E-state index contributed by atoms with van der Waals surface area (Å²) in [6.45, 7) is 6.94. The molecular formula is C33H46CaN8O9+2. The number of amides is 2. The molecule has 0 saturated heterocycles. The summed E-state index contributed by atoms with van der Waals surface area (Å²) in [6, 6.07) is 4.69. The van der Waals surface area contributed by atoms with Gasteiger partial charge in [0.1, 0.15) is 11.7 Å². The van der Waals surface area contributed by atoms with Crippen LogP contribution in [0.2, 0.25) is 0 Å². The monoisotopic (exact) mass is 738 g/mol. The van der Waals surface area contributed by atoms with E-state index in [9.17, 15) is 33.9 Å². The van der Waals surface area contributed by atoms with E-state index in [0.717, 1.165) is 12.0 Å². The van der Waals surface area contributed by atoms with Crippen molar-refractivity contribution in [1.82, 2.24) is 20.2 Å². The molecule has 3 rings (SSSR count). The number of anilines is 4. The fourth-order valence-corrected chi connectivity index (χ4v) is 5.36. The second-order valence-electron chi connectivity index (χ2n) is 11.9. The zero-order valence-electron chi connectivity index (χ0n) is 29.2. The minimum atomic E-state index is -1.35. The molecular weight excluding hydrogens is 692 g/mol. The summed E-state index contributed by atoms with van der Waals surface area (Å²) in [6.07, 6.45) is 3.54. The van der Waals surface area contributed by atoms with E-state index >= 15 is 0 Å². The van der Waals surface area contributed by atoms with Crippen molar-refractivity contribution in [1.29, 1.82) is 0 Å². The molecule has 0 fully saturated rings. The topological polar surface area (TPSA) is 249 Å². The third kappa shape index (κ3) is 13.7. The first-order valence-electron chi connectivity index (χ1n) is 16.4. The normalized spacial score (nSPS) is 14.2. The molecule has 1 aromatic heterocycles. The van der Waals surface area contributed by atoms with Gasteiger partial charge in [-0.05, 0) is 62.9 Å². The second kappa shape index (κ2) is 21.1. The molecule has 0 spiro atoms. The van der Waals surface area contributed by atoms with E-state index < -0.39 is 35.9 Å². The Bertz CT molecular complexity index is 1620. The number of carbonyl (C=O) groups excluding carboxylic acids is 3. The average molecular weight is 739 g/mol. The van der Waals surface area contributed by atoms with Crippen LogP contribution in [0.25, 0.3) is 0 Å². The van der Waals surface area contributed by atoms with Crippen LogP contribution in [0.1, 0.15) is 69.7 Å². The van der Waals surface area contributed by atoms with Crippen LogP contribution in [-0.4, -0.2) is 137 Å². The van der Waals surface area contributed by atoms with Crippen molar-refractivity contribution in [2.75, 3.05) is 54.1 Å². The van der Waals surface area contributed by atoms with Crippen LogP contribution in [0.5, 0.6) is 0 Å². The Balaban J connectivity index is 0.00000901. The second-order valence-corrected chi connectivity index (χ2v) is 11.9. The van der Waals surface area contributed by atoms with Crippen LogP contribution in [0.3, 0.4) is 0 Å². The molecule has 8 N–H and O–H groups in total. The van der Waals surface area contributed by atoms with Gasteiger partial charge in [-0.25, -0.2) is 4.79 Å². The molecule has 2 atom stereocenters. The fraction of sp³-hybridized carbons (Fsp3) is 0.485. The number of aliphatic carboxylic acids is 2. The third-order valence-corrected chi connectivity index (χ3v) is 7.87. The number of hydrogen-bond acceptors (Lipinski definition) is 12.